The van der Waals surface area contributed by atoms with E-state index in [4.69, 9.17) is 5.73 Å². The van der Waals surface area contributed by atoms with Crippen LogP contribution in [0, 0.1) is 0 Å². The van der Waals surface area contributed by atoms with Crippen LogP contribution in [0.1, 0.15) is 66.3 Å². The lowest BCUT2D eigenvalue weighted by Gasteiger charge is -2.31. The van der Waals surface area contributed by atoms with Crippen LogP contribution in [0.5, 0.6) is 0 Å². The Morgan fingerprint density at radius 2 is 1.92 bits per heavy atom. The van der Waals surface area contributed by atoms with E-state index >= 15 is 0 Å². The SMILES string of the molecule is C=CC(=O)N1CCC(n2cc(Nc3ncc(C(N)=O)c(Nc4c(CC)ncnc4C4CC4)n3)cn2)CC1. The molecule has 2 amide bonds. The molecule has 37 heavy (non-hydrogen) atoms. The molecule has 12 heteroatoms. The lowest BCUT2D eigenvalue weighted by atomic mass is 10.1. The second-order valence-electron chi connectivity index (χ2n) is 9.25. The van der Waals surface area contributed by atoms with Crippen LogP contribution in [-0.2, 0) is 11.2 Å². The number of hydrogen-bond acceptors (Lipinski definition) is 9. The van der Waals surface area contributed by atoms with Crippen molar-refractivity contribution in [3.05, 3.63) is 54.5 Å². The molecule has 1 saturated carbocycles. The minimum Gasteiger partial charge on any atom is -0.365 e. The van der Waals surface area contributed by atoms with E-state index < -0.39 is 5.91 Å². The maximum atomic E-state index is 12.1. The number of hydrogen-bond donors (Lipinski definition) is 3. The molecule has 3 aromatic rings. The molecular formula is C25H30N10O2. The van der Waals surface area contributed by atoms with Crippen LogP contribution in [0.15, 0.2) is 37.6 Å². The third-order valence-corrected chi connectivity index (χ3v) is 6.73. The molecular weight excluding hydrogens is 472 g/mol. The molecule has 0 atom stereocenters. The number of nitrogens with one attached hydrogen (secondary N) is 2. The zero-order chi connectivity index (χ0) is 25.9. The smallest absolute Gasteiger partial charge is 0.254 e. The Hall–Kier alpha value is -4.35. The highest BCUT2D eigenvalue weighted by molar-refractivity contribution is 5.98. The summed E-state index contributed by atoms with van der Waals surface area (Å²) in [6, 6.07) is 0.186. The molecule has 12 nitrogen and oxygen atoms in total. The lowest BCUT2D eigenvalue weighted by molar-refractivity contribution is -0.127. The number of primary amides is 1. The number of carbonyl (C=O) groups is 2. The Labute approximate surface area is 214 Å². The van der Waals surface area contributed by atoms with Gasteiger partial charge in [0.2, 0.25) is 11.9 Å². The first-order valence-electron chi connectivity index (χ1n) is 12.5. The average Bonchev–Trinajstić information content (AvgIpc) is 3.66. The maximum Gasteiger partial charge on any atom is 0.254 e. The van der Waals surface area contributed by atoms with Gasteiger partial charge in [0.15, 0.2) is 0 Å². The third-order valence-electron chi connectivity index (χ3n) is 6.73. The van der Waals surface area contributed by atoms with Gasteiger partial charge < -0.3 is 21.3 Å². The van der Waals surface area contributed by atoms with Crippen molar-refractivity contribution in [2.45, 2.75) is 51.0 Å². The Morgan fingerprint density at radius 3 is 2.59 bits per heavy atom. The van der Waals surface area contributed by atoms with Gasteiger partial charge in [-0.25, -0.2) is 15.0 Å². The van der Waals surface area contributed by atoms with Crippen LogP contribution >= 0.6 is 0 Å². The highest BCUT2D eigenvalue weighted by atomic mass is 16.2. The summed E-state index contributed by atoms with van der Waals surface area (Å²) in [6.07, 6.45) is 12.4. The molecule has 0 radical (unpaired) electrons. The van der Waals surface area contributed by atoms with E-state index in [0.717, 1.165) is 42.8 Å². The average molecular weight is 503 g/mol. The van der Waals surface area contributed by atoms with E-state index in [1.54, 1.807) is 17.4 Å². The number of nitrogens with two attached hydrogens (primary N) is 1. The second-order valence-corrected chi connectivity index (χ2v) is 9.25. The van der Waals surface area contributed by atoms with Gasteiger partial charge in [0.1, 0.15) is 17.7 Å². The minimum absolute atomic E-state index is 0.0420. The van der Waals surface area contributed by atoms with Crippen LogP contribution in [0.3, 0.4) is 0 Å². The molecule has 5 rings (SSSR count). The number of piperidine rings is 1. The predicted octanol–water partition coefficient (Wildman–Crippen LogP) is 2.84. The van der Waals surface area contributed by atoms with Crippen LogP contribution in [-0.4, -0.2) is 59.5 Å². The molecule has 0 spiro atoms. The number of rotatable bonds is 9. The van der Waals surface area contributed by atoms with Gasteiger partial charge in [0.25, 0.3) is 5.91 Å². The van der Waals surface area contributed by atoms with Gasteiger partial charge in [-0.05, 0) is 38.2 Å². The van der Waals surface area contributed by atoms with Crippen LogP contribution in [0.4, 0.5) is 23.1 Å². The van der Waals surface area contributed by atoms with Crippen molar-refractivity contribution in [3.8, 4) is 0 Å². The van der Waals surface area contributed by atoms with Gasteiger partial charge in [-0.3, -0.25) is 14.3 Å². The Bertz CT molecular complexity index is 1320. The first-order valence-corrected chi connectivity index (χ1v) is 12.5. The zero-order valence-corrected chi connectivity index (χ0v) is 20.7. The van der Waals surface area contributed by atoms with Crippen LogP contribution < -0.4 is 16.4 Å². The largest absolute Gasteiger partial charge is 0.365 e. The summed E-state index contributed by atoms with van der Waals surface area (Å²) in [5.74, 6) is 0.287. The molecule has 0 unspecified atom stereocenters. The molecule has 3 aromatic heterocycles. The number of aryl methyl sites for hydroxylation is 1. The lowest BCUT2D eigenvalue weighted by Crippen LogP contribution is -2.38. The fourth-order valence-electron chi connectivity index (χ4n) is 4.56. The molecule has 192 valence electrons. The summed E-state index contributed by atoms with van der Waals surface area (Å²) in [5, 5.41) is 10.9. The van der Waals surface area contributed by atoms with E-state index in [-0.39, 0.29) is 17.5 Å². The monoisotopic (exact) mass is 502 g/mol. The number of likely N-dealkylation sites (tertiary alicyclic amines) is 1. The van der Waals surface area contributed by atoms with Crippen molar-refractivity contribution >= 4 is 35.0 Å². The molecule has 1 saturated heterocycles. The Morgan fingerprint density at radius 1 is 1.14 bits per heavy atom. The number of amides is 2. The summed E-state index contributed by atoms with van der Waals surface area (Å²) in [7, 11) is 0. The topological polar surface area (TPSA) is 157 Å². The maximum absolute atomic E-state index is 12.1. The number of aromatic nitrogens is 6. The molecule has 4 heterocycles. The van der Waals surface area contributed by atoms with Crippen LogP contribution in [0.2, 0.25) is 0 Å². The summed E-state index contributed by atoms with van der Waals surface area (Å²) in [6.45, 7) is 6.90. The first-order chi connectivity index (χ1) is 18.0. The number of anilines is 4. The van der Waals surface area contributed by atoms with E-state index in [1.165, 1.54) is 12.3 Å². The van der Waals surface area contributed by atoms with Crippen molar-refractivity contribution in [1.82, 2.24) is 34.6 Å². The van der Waals surface area contributed by atoms with Gasteiger partial charge in [-0.1, -0.05) is 13.5 Å². The standard InChI is InChI=1S/C25H30N10O2/c1-3-19-22(21(15-5-6-15)29-14-28-19)32-24-18(23(26)37)12-27-25(33-24)31-16-11-30-35(13-16)17-7-9-34(10-8-17)20(36)4-2/h4,11-15,17H,2-3,5-10H2,1H3,(H2,26,37)(H2,27,31,32,33). The number of nitrogens with zero attached hydrogens (tertiary/aromatic N) is 7. The van der Waals surface area contributed by atoms with Gasteiger partial charge in [0.05, 0.1) is 35.0 Å². The number of carbonyl (C=O) groups excluding carboxylic acids is 2. The summed E-state index contributed by atoms with van der Waals surface area (Å²) in [5.41, 5.74) is 9.05. The third kappa shape index (κ3) is 5.27. The fraction of sp³-hybridized carbons (Fsp3) is 0.400. The molecule has 0 bridgehead atoms. The highest BCUT2D eigenvalue weighted by Gasteiger charge is 2.30. The van der Waals surface area contributed by atoms with Crippen molar-refractivity contribution in [2.75, 3.05) is 23.7 Å². The van der Waals surface area contributed by atoms with E-state index in [0.29, 0.717) is 42.9 Å². The molecule has 2 aliphatic rings. The van der Waals surface area contributed by atoms with E-state index in [9.17, 15) is 9.59 Å². The molecule has 0 aromatic carbocycles. The van der Waals surface area contributed by atoms with E-state index in [2.05, 4.69) is 42.2 Å². The predicted molar refractivity (Wildman–Crippen MR) is 138 cm³/mol. The van der Waals surface area contributed by atoms with Crippen molar-refractivity contribution < 1.29 is 9.59 Å². The minimum atomic E-state index is -0.633. The van der Waals surface area contributed by atoms with E-state index in [1.807, 2.05) is 17.8 Å². The highest BCUT2D eigenvalue weighted by Crippen LogP contribution is 2.43. The second kappa shape index (κ2) is 10.3. The van der Waals surface area contributed by atoms with Gasteiger partial charge in [-0.15, -0.1) is 0 Å². The van der Waals surface area contributed by atoms with Gasteiger partial charge in [-0.2, -0.15) is 10.1 Å². The summed E-state index contributed by atoms with van der Waals surface area (Å²) >= 11 is 0. The Kier molecular flexibility index (Phi) is 6.80. The van der Waals surface area contributed by atoms with Crippen LogP contribution in [0.25, 0.3) is 0 Å². The summed E-state index contributed by atoms with van der Waals surface area (Å²) in [4.78, 5) is 43.5. The van der Waals surface area contributed by atoms with Crippen molar-refractivity contribution in [2.24, 2.45) is 5.73 Å². The van der Waals surface area contributed by atoms with Gasteiger partial charge >= 0.3 is 0 Å². The summed E-state index contributed by atoms with van der Waals surface area (Å²) < 4.78 is 1.89. The molecule has 4 N–H and O–H groups in total. The van der Waals surface area contributed by atoms with Crippen molar-refractivity contribution in [3.63, 3.8) is 0 Å². The molecule has 1 aliphatic carbocycles. The van der Waals surface area contributed by atoms with Gasteiger partial charge in [0, 0.05) is 31.4 Å². The fourth-order valence-corrected chi connectivity index (χ4v) is 4.56. The zero-order valence-electron chi connectivity index (χ0n) is 20.7. The quantitative estimate of drug-likeness (QED) is 0.374. The first kappa shape index (κ1) is 24.3. The molecule has 2 fully saturated rings. The molecule has 1 aliphatic heterocycles. The van der Waals surface area contributed by atoms with Crippen molar-refractivity contribution in [1.29, 1.82) is 0 Å². The normalized spacial score (nSPS) is 15.9. The Balaban J connectivity index is 1.34.